The zero-order valence-electron chi connectivity index (χ0n) is 11.5. The summed E-state index contributed by atoms with van der Waals surface area (Å²) in [5, 5.41) is 20.7. The van der Waals surface area contributed by atoms with Gasteiger partial charge in [-0.05, 0) is 38.5 Å². The fourth-order valence-corrected chi connectivity index (χ4v) is 3.80. The van der Waals surface area contributed by atoms with E-state index >= 15 is 0 Å². The van der Waals surface area contributed by atoms with Crippen LogP contribution in [0.5, 0.6) is 0 Å². The standard InChI is InChI=1S/C15H25NO2/c1-18-13-6-10-15(17,11-7-13)14(12-16)8-4-2-3-5-9-14/h13,17H,2-11H2,1H3. The quantitative estimate of drug-likeness (QED) is 0.767. The maximum atomic E-state index is 11.0. The summed E-state index contributed by atoms with van der Waals surface area (Å²) in [4.78, 5) is 0. The van der Waals surface area contributed by atoms with Crippen LogP contribution in [0, 0.1) is 16.7 Å². The predicted molar refractivity (Wildman–Crippen MR) is 70.0 cm³/mol. The highest BCUT2D eigenvalue weighted by Gasteiger charge is 2.51. The van der Waals surface area contributed by atoms with Gasteiger partial charge in [-0.2, -0.15) is 5.26 Å². The molecule has 0 saturated heterocycles. The second-order valence-corrected chi connectivity index (χ2v) is 6.07. The molecule has 0 atom stereocenters. The normalized spacial score (nSPS) is 36.6. The number of nitriles is 1. The Hall–Kier alpha value is -0.590. The zero-order chi connectivity index (χ0) is 13.1. The Labute approximate surface area is 110 Å². The molecule has 0 aromatic heterocycles. The van der Waals surface area contributed by atoms with E-state index in [0.717, 1.165) is 51.4 Å². The highest BCUT2D eigenvalue weighted by Crippen LogP contribution is 2.50. The van der Waals surface area contributed by atoms with Crippen LogP contribution in [0.1, 0.15) is 64.2 Å². The number of methoxy groups -OCH3 is 1. The van der Waals surface area contributed by atoms with Crippen molar-refractivity contribution in [2.24, 2.45) is 5.41 Å². The molecule has 3 nitrogen and oxygen atoms in total. The maximum Gasteiger partial charge on any atom is 0.0860 e. The van der Waals surface area contributed by atoms with Crippen LogP contribution in [0.15, 0.2) is 0 Å². The van der Waals surface area contributed by atoms with Gasteiger partial charge in [0, 0.05) is 7.11 Å². The maximum absolute atomic E-state index is 11.0. The van der Waals surface area contributed by atoms with Crippen LogP contribution in [0.2, 0.25) is 0 Å². The first-order chi connectivity index (χ1) is 8.66. The molecule has 2 fully saturated rings. The Morgan fingerprint density at radius 1 is 1.06 bits per heavy atom. The third-order valence-corrected chi connectivity index (χ3v) is 5.16. The Kier molecular flexibility index (Phi) is 4.29. The summed E-state index contributed by atoms with van der Waals surface area (Å²) in [5.41, 5.74) is -1.27. The minimum absolute atomic E-state index is 0.270. The summed E-state index contributed by atoms with van der Waals surface area (Å²) in [5.74, 6) is 0. The summed E-state index contributed by atoms with van der Waals surface area (Å²) in [6, 6.07) is 2.51. The fourth-order valence-electron chi connectivity index (χ4n) is 3.80. The van der Waals surface area contributed by atoms with Crippen molar-refractivity contribution in [3.05, 3.63) is 0 Å². The second-order valence-electron chi connectivity index (χ2n) is 6.07. The van der Waals surface area contributed by atoms with Crippen molar-refractivity contribution < 1.29 is 9.84 Å². The number of aliphatic hydroxyl groups is 1. The fraction of sp³-hybridized carbons (Fsp3) is 0.933. The third-order valence-electron chi connectivity index (χ3n) is 5.16. The first kappa shape index (κ1) is 13.8. The minimum Gasteiger partial charge on any atom is -0.388 e. The van der Waals surface area contributed by atoms with Gasteiger partial charge in [0.25, 0.3) is 0 Å². The zero-order valence-corrected chi connectivity index (χ0v) is 11.5. The number of ether oxygens (including phenoxy) is 1. The first-order valence-electron chi connectivity index (χ1n) is 7.32. The molecule has 2 aliphatic carbocycles. The summed E-state index contributed by atoms with van der Waals surface area (Å²) in [7, 11) is 1.74. The largest absolute Gasteiger partial charge is 0.388 e. The molecule has 0 spiro atoms. The van der Waals surface area contributed by atoms with E-state index in [0.29, 0.717) is 0 Å². The molecule has 0 unspecified atom stereocenters. The molecule has 0 amide bonds. The number of nitrogens with zero attached hydrogens (tertiary/aromatic N) is 1. The van der Waals surface area contributed by atoms with Gasteiger partial charge in [0.05, 0.1) is 23.2 Å². The van der Waals surface area contributed by atoms with Crippen LogP contribution in [-0.2, 0) is 4.74 Å². The van der Waals surface area contributed by atoms with Gasteiger partial charge in [-0.25, -0.2) is 0 Å². The molecule has 0 bridgehead atoms. The molecule has 0 radical (unpaired) electrons. The van der Waals surface area contributed by atoms with E-state index in [1.165, 1.54) is 12.8 Å². The molecule has 102 valence electrons. The number of hydrogen-bond donors (Lipinski definition) is 1. The van der Waals surface area contributed by atoms with Gasteiger partial charge in [0.2, 0.25) is 0 Å². The molecular weight excluding hydrogens is 226 g/mol. The van der Waals surface area contributed by atoms with E-state index < -0.39 is 11.0 Å². The van der Waals surface area contributed by atoms with Crippen molar-refractivity contribution in [3.63, 3.8) is 0 Å². The smallest absolute Gasteiger partial charge is 0.0860 e. The molecular formula is C15H25NO2. The van der Waals surface area contributed by atoms with Crippen molar-refractivity contribution in [1.82, 2.24) is 0 Å². The van der Waals surface area contributed by atoms with E-state index in [1.54, 1.807) is 7.11 Å². The summed E-state index contributed by atoms with van der Waals surface area (Å²) >= 11 is 0. The van der Waals surface area contributed by atoms with Crippen LogP contribution in [0.4, 0.5) is 0 Å². The highest BCUT2D eigenvalue weighted by molar-refractivity contribution is 5.13. The van der Waals surface area contributed by atoms with Gasteiger partial charge in [0.1, 0.15) is 0 Å². The molecule has 0 aromatic carbocycles. The van der Waals surface area contributed by atoms with Gasteiger partial charge in [-0.1, -0.05) is 25.7 Å². The summed E-state index contributed by atoms with van der Waals surface area (Å²) in [6.07, 6.45) is 9.82. The lowest BCUT2D eigenvalue weighted by Gasteiger charge is -2.46. The Morgan fingerprint density at radius 2 is 1.61 bits per heavy atom. The van der Waals surface area contributed by atoms with Crippen molar-refractivity contribution in [2.45, 2.75) is 75.9 Å². The lowest BCUT2D eigenvalue weighted by molar-refractivity contribution is -0.112. The second kappa shape index (κ2) is 5.59. The average Bonchev–Trinajstić information content (AvgIpc) is 2.66. The van der Waals surface area contributed by atoms with Gasteiger partial charge in [-0.3, -0.25) is 0 Å². The molecule has 0 aliphatic heterocycles. The molecule has 18 heavy (non-hydrogen) atoms. The average molecular weight is 251 g/mol. The highest BCUT2D eigenvalue weighted by atomic mass is 16.5. The Morgan fingerprint density at radius 3 is 2.06 bits per heavy atom. The third kappa shape index (κ3) is 2.41. The molecule has 0 heterocycles. The van der Waals surface area contributed by atoms with Crippen LogP contribution < -0.4 is 0 Å². The summed E-state index contributed by atoms with van der Waals surface area (Å²) in [6.45, 7) is 0. The molecule has 0 aromatic rings. The van der Waals surface area contributed by atoms with Gasteiger partial charge < -0.3 is 9.84 Å². The van der Waals surface area contributed by atoms with Crippen LogP contribution >= 0.6 is 0 Å². The molecule has 3 heteroatoms. The lowest BCUT2D eigenvalue weighted by Crippen LogP contribution is -2.50. The van der Waals surface area contributed by atoms with E-state index in [4.69, 9.17) is 4.74 Å². The van der Waals surface area contributed by atoms with Crippen LogP contribution in [-0.4, -0.2) is 23.9 Å². The van der Waals surface area contributed by atoms with Gasteiger partial charge >= 0.3 is 0 Å². The Balaban J connectivity index is 2.13. The molecule has 1 N–H and O–H groups in total. The van der Waals surface area contributed by atoms with E-state index in [-0.39, 0.29) is 6.10 Å². The monoisotopic (exact) mass is 251 g/mol. The van der Waals surface area contributed by atoms with Crippen LogP contribution in [0.3, 0.4) is 0 Å². The Bertz CT molecular complexity index is 305. The lowest BCUT2D eigenvalue weighted by atomic mass is 9.62. The van der Waals surface area contributed by atoms with E-state index in [1.807, 2.05) is 0 Å². The number of hydrogen-bond acceptors (Lipinski definition) is 3. The minimum atomic E-state index is -0.777. The molecule has 2 saturated carbocycles. The van der Waals surface area contributed by atoms with Crippen LogP contribution in [0.25, 0.3) is 0 Å². The molecule has 2 aliphatic rings. The van der Waals surface area contributed by atoms with E-state index in [2.05, 4.69) is 6.07 Å². The van der Waals surface area contributed by atoms with Crippen molar-refractivity contribution in [1.29, 1.82) is 5.26 Å². The first-order valence-corrected chi connectivity index (χ1v) is 7.32. The number of rotatable bonds is 2. The van der Waals surface area contributed by atoms with Crippen molar-refractivity contribution in [2.75, 3.05) is 7.11 Å². The van der Waals surface area contributed by atoms with Crippen molar-refractivity contribution >= 4 is 0 Å². The SMILES string of the molecule is COC1CCC(O)(C2(C#N)CCCCCC2)CC1. The van der Waals surface area contributed by atoms with Crippen molar-refractivity contribution in [3.8, 4) is 6.07 Å². The topological polar surface area (TPSA) is 53.2 Å². The molecule has 2 rings (SSSR count). The van der Waals surface area contributed by atoms with Gasteiger partial charge in [0.15, 0.2) is 0 Å². The predicted octanol–water partition coefficient (Wildman–Crippen LogP) is 3.17. The van der Waals surface area contributed by atoms with E-state index in [9.17, 15) is 10.4 Å². The van der Waals surface area contributed by atoms with Gasteiger partial charge in [-0.15, -0.1) is 0 Å². The summed E-state index contributed by atoms with van der Waals surface area (Å²) < 4.78 is 5.37.